The second kappa shape index (κ2) is 8.37. The lowest BCUT2D eigenvalue weighted by atomic mass is 10.0. The van der Waals surface area contributed by atoms with Gasteiger partial charge in [-0.1, -0.05) is 24.6 Å². The van der Waals surface area contributed by atoms with E-state index in [1.807, 2.05) is 31.2 Å². The van der Waals surface area contributed by atoms with Crippen LogP contribution >= 0.6 is 0 Å². The quantitative estimate of drug-likeness (QED) is 0.734. The highest BCUT2D eigenvalue weighted by molar-refractivity contribution is 5.77. The number of amides is 1. The van der Waals surface area contributed by atoms with Crippen molar-refractivity contribution in [2.75, 3.05) is 13.2 Å². The molecule has 1 heterocycles. The molecule has 1 unspecified atom stereocenters. The Bertz CT molecular complexity index is 549. The molecule has 1 amide bonds. The first kappa shape index (κ1) is 18.6. The fourth-order valence-corrected chi connectivity index (χ4v) is 2.88. The highest BCUT2D eigenvalue weighted by Gasteiger charge is 2.45. The highest BCUT2D eigenvalue weighted by atomic mass is 19.4. The van der Waals surface area contributed by atoms with Gasteiger partial charge < -0.3 is 4.74 Å². The summed E-state index contributed by atoms with van der Waals surface area (Å²) in [7, 11) is 0. The number of unbranched alkanes of at least 4 members (excludes halogenated alkanes) is 1. The third-order valence-corrected chi connectivity index (χ3v) is 4.05. The summed E-state index contributed by atoms with van der Waals surface area (Å²) < 4.78 is 45.1. The van der Waals surface area contributed by atoms with Crippen LogP contribution in [0.15, 0.2) is 24.3 Å². The van der Waals surface area contributed by atoms with E-state index in [-0.39, 0.29) is 25.3 Å². The van der Waals surface area contributed by atoms with Crippen LogP contribution in [0.4, 0.5) is 13.2 Å². The van der Waals surface area contributed by atoms with Gasteiger partial charge >= 0.3 is 6.18 Å². The van der Waals surface area contributed by atoms with Crippen molar-refractivity contribution in [3.63, 3.8) is 0 Å². The lowest BCUT2D eigenvalue weighted by Crippen LogP contribution is -2.49. The number of nitrogens with zero attached hydrogens (tertiary/aromatic N) is 1. The molecular formula is C17H23F3N2O2. The van der Waals surface area contributed by atoms with Crippen molar-refractivity contribution >= 4 is 5.91 Å². The van der Waals surface area contributed by atoms with Crippen molar-refractivity contribution in [1.82, 2.24) is 10.4 Å². The number of hydrogen-bond acceptors (Lipinski definition) is 3. The van der Waals surface area contributed by atoms with Crippen molar-refractivity contribution in [2.45, 2.75) is 51.2 Å². The molecule has 1 N–H and O–H groups in total. The van der Waals surface area contributed by atoms with Crippen molar-refractivity contribution in [3.05, 3.63) is 29.8 Å². The van der Waals surface area contributed by atoms with Crippen molar-refractivity contribution in [1.29, 1.82) is 0 Å². The van der Waals surface area contributed by atoms with Crippen LogP contribution in [0.5, 0.6) is 5.75 Å². The van der Waals surface area contributed by atoms with Crippen molar-refractivity contribution in [3.8, 4) is 5.75 Å². The molecule has 0 radical (unpaired) electrons. The molecule has 1 aromatic rings. The van der Waals surface area contributed by atoms with Crippen molar-refractivity contribution < 1.29 is 22.7 Å². The van der Waals surface area contributed by atoms with Crippen LogP contribution in [0.25, 0.3) is 0 Å². The number of hydrogen-bond donors (Lipinski definition) is 1. The van der Waals surface area contributed by atoms with Gasteiger partial charge in [0.1, 0.15) is 11.8 Å². The number of carbonyl (C=O) groups excluding carboxylic acids is 1. The number of ether oxygens (including phenoxy) is 1. The first-order valence-corrected chi connectivity index (χ1v) is 8.25. The number of hydrazine groups is 1. The average molecular weight is 344 g/mol. The predicted molar refractivity (Wildman–Crippen MR) is 84.5 cm³/mol. The molecule has 134 valence electrons. The van der Waals surface area contributed by atoms with Gasteiger partial charge in [0.15, 0.2) is 0 Å². The maximum Gasteiger partial charge on any atom is 0.405 e. The summed E-state index contributed by atoms with van der Waals surface area (Å²) in [6.45, 7) is 2.56. The fourth-order valence-electron chi connectivity index (χ4n) is 2.88. The van der Waals surface area contributed by atoms with Gasteiger partial charge in [0, 0.05) is 13.0 Å². The molecule has 24 heavy (non-hydrogen) atoms. The fraction of sp³-hybridized carbons (Fsp3) is 0.588. The number of alkyl halides is 3. The standard InChI is InChI=1S/C17H23F3N2O2/c1-2-24-14-9-5-3-7-13(14)8-4-6-10-15(17(18,19)20)22-12-11-16(23)21-22/h3,5,7,9,15H,2,4,6,8,10-12H2,1H3,(H,21,23). The lowest BCUT2D eigenvalue weighted by molar-refractivity contribution is -0.190. The van der Waals surface area contributed by atoms with E-state index < -0.39 is 12.2 Å². The van der Waals surface area contributed by atoms with Gasteiger partial charge in [-0.05, 0) is 37.8 Å². The summed E-state index contributed by atoms with van der Waals surface area (Å²) >= 11 is 0. The smallest absolute Gasteiger partial charge is 0.405 e. The molecule has 4 nitrogen and oxygen atoms in total. The number of halogens is 3. The maximum atomic E-state index is 13.2. The summed E-state index contributed by atoms with van der Waals surface area (Å²) in [6, 6.07) is 5.97. The van der Waals surface area contributed by atoms with Gasteiger partial charge in [-0.2, -0.15) is 13.2 Å². The lowest BCUT2D eigenvalue weighted by Gasteiger charge is -2.28. The second-order valence-corrected chi connectivity index (χ2v) is 5.82. The first-order valence-electron chi connectivity index (χ1n) is 8.25. The summed E-state index contributed by atoms with van der Waals surface area (Å²) in [4.78, 5) is 11.2. The number of para-hydroxylation sites is 1. The van der Waals surface area contributed by atoms with E-state index in [1.165, 1.54) is 0 Å². The zero-order chi connectivity index (χ0) is 17.6. The third kappa shape index (κ3) is 5.12. The van der Waals surface area contributed by atoms with E-state index in [0.29, 0.717) is 25.9 Å². The zero-order valence-corrected chi connectivity index (χ0v) is 13.7. The number of nitrogens with one attached hydrogen (secondary N) is 1. The van der Waals surface area contributed by atoms with Crippen molar-refractivity contribution in [2.24, 2.45) is 0 Å². The number of aryl methyl sites for hydroxylation is 1. The largest absolute Gasteiger partial charge is 0.494 e. The Morgan fingerprint density at radius 2 is 2.04 bits per heavy atom. The molecule has 0 saturated carbocycles. The Hall–Kier alpha value is -1.76. The van der Waals surface area contributed by atoms with Crippen LogP contribution in [-0.4, -0.2) is 36.3 Å². The molecule has 1 aliphatic heterocycles. The summed E-state index contributed by atoms with van der Waals surface area (Å²) in [5.41, 5.74) is 3.31. The van der Waals surface area contributed by atoms with Gasteiger partial charge in [0.05, 0.1) is 6.61 Å². The van der Waals surface area contributed by atoms with Crippen LogP contribution in [-0.2, 0) is 11.2 Å². The Morgan fingerprint density at radius 1 is 1.29 bits per heavy atom. The molecule has 0 bridgehead atoms. The van der Waals surface area contributed by atoms with Gasteiger partial charge in [-0.3, -0.25) is 10.2 Å². The monoisotopic (exact) mass is 344 g/mol. The Kier molecular flexibility index (Phi) is 6.48. The Labute approximate surface area is 139 Å². The molecule has 1 fully saturated rings. The third-order valence-electron chi connectivity index (χ3n) is 4.05. The Morgan fingerprint density at radius 3 is 2.67 bits per heavy atom. The topological polar surface area (TPSA) is 41.6 Å². The normalized spacial score (nSPS) is 16.9. The molecule has 1 atom stereocenters. The SMILES string of the molecule is CCOc1ccccc1CCCCC(N1CCC(=O)N1)C(F)(F)F. The molecule has 1 aromatic carbocycles. The predicted octanol–water partition coefficient (Wildman–Crippen LogP) is 3.47. The summed E-state index contributed by atoms with van der Waals surface area (Å²) in [5, 5.41) is 1.02. The van der Waals surface area contributed by atoms with E-state index in [1.54, 1.807) is 0 Å². The first-order chi connectivity index (χ1) is 11.4. The van der Waals surface area contributed by atoms with E-state index in [2.05, 4.69) is 5.43 Å². The van der Waals surface area contributed by atoms with Gasteiger partial charge in [-0.15, -0.1) is 0 Å². The molecular weight excluding hydrogens is 321 g/mol. The second-order valence-electron chi connectivity index (χ2n) is 5.82. The zero-order valence-electron chi connectivity index (χ0n) is 13.7. The number of rotatable bonds is 8. The van der Waals surface area contributed by atoms with E-state index in [0.717, 1.165) is 16.3 Å². The molecule has 7 heteroatoms. The van der Waals surface area contributed by atoms with E-state index in [4.69, 9.17) is 4.74 Å². The minimum atomic E-state index is -4.35. The molecule has 0 aliphatic carbocycles. The molecule has 1 saturated heterocycles. The van der Waals surface area contributed by atoms with Crippen LogP contribution < -0.4 is 10.2 Å². The minimum absolute atomic E-state index is 0.0272. The van der Waals surface area contributed by atoms with Crippen LogP contribution in [0.2, 0.25) is 0 Å². The molecule has 2 rings (SSSR count). The Balaban J connectivity index is 1.86. The molecule has 0 spiro atoms. The van der Waals surface area contributed by atoms with Gasteiger partial charge in [0.25, 0.3) is 0 Å². The maximum absolute atomic E-state index is 13.2. The molecule has 1 aliphatic rings. The van der Waals surface area contributed by atoms with E-state index >= 15 is 0 Å². The van der Waals surface area contributed by atoms with E-state index in [9.17, 15) is 18.0 Å². The molecule has 0 aromatic heterocycles. The number of benzene rings is 1. The van der Waals surface area contributed by atoms with Crippen LogP contribution in [0, 0.1) is 0 Å². The minimum Gasteiger partial charge on any atom is -0.494 e. The number of carbonyl (C=O) groups is 1. The van der Waals surface area contributed by atoms with Crippen LogP contribution in [0.3, 0.4) is 0 Å². The van der Waals surface area contributed by atoms with Gasteiger partial charge in [-0.25, -0.2) is 5.01 Å². The van der Waals surface area contributed by atoms with Crippen LogP contribution in [0.1, 0.15) is 38.2 Å². The summed E-state index contributed by atoms with van der Waals surface area (Å²) in [5.74, 6) is 0.439. The average Bonchev–Trinajstić information content (AvgIpc) is 2.93. The highest BCUT2D eigenvalue weighted by Crippen LogP contribution is 2.29. The van der Waals surface area contributed by atoms with Gasteiger partial charge in [0.2, 0.25) is 5.91 Å². The summed E-state index contributed by atoms with van der Waals surface area (Å²) in [6.07, 6.45) is -2.52.